The average molecular weight is 157 g/mol. The predicted molar refractivity (Wildman–Crippen MR) is 36.9 cm³/mol. The molecule has 62 valence electrons. The van der Waals surface area contributed by atoms with Crippen molar-refractivity contribution in [3.63, 3.8) is 0 Å². The van der Waals surface area contributed by atoms with Gasteiger partial charge in [-0.3, -0.25) is 9.69 Å². The summed E-state index contributed by atoms with van der Waals surface area (Å²) in [6.45, 7) is 1.79. The number of hydrogen-bond acceptors (Lipinski definition) is 4. The van der Waals surface area contributed by atoms with E-state index in [1.54, 1.807) is 0 Å². The monoisotopic (exact) mass is 157 g/mol. The summed E-state index contributed by atoms with van der Waals surface area (Å²) in [4.78, 5) is 12.9. The molecule has 1 N–H and O–H groups in total. The summed E-state index contributed by atoms with van der Waals surface area (Å²) in [5, 5.41) is 8.97. The molecule has 4 heteroatoms. The van der Waals surface area contributed by atoms with Crippen molar-refractivity contribution in [3.8, 4) is 0 Å². The highest BCUT2D eigenvalue weighted by Gasteiger charge is 2.38. The van der Waals surface area contributed by atoms with Crippen LogP contribution in [0, 0.1) is 0 Å². The highest BCUT2D eigenvalue weighted by molar-refractivity contribution is 5.77. The Balaban J connectivity index is 1.90. The van der Waals surface area contributed by atoms with Gasteiger partial charge in [-0.15, -0.1) is 0 Å². The molecule has 1 unspecified atom stereocenters. The summed E-state index contributed by atoms with van der Waals surface area (Å²) in [6, 6.07) is -0.0709. The van der Waals surface area contributed by atoms with Gasteiger partial charge in [-0.25, -0.2) is 0 Å². The van der Waals surface area contributed by atoms with E-state index < -0.39 is 0 Å². The van der Waals surface area contributed by atoms with E-state index >= 15 is 0 Å². The second kappa shape index (κ2) is 2.46. The minimum Gasteiger partial charge on any atom is -0.464 e. The van der Waals surface area contributed by atoms with E-state index in [1.807, 2.05) is 4.90 Å². The van der Waals surface area contributed by atoms with Gasteiger partial charge in [-0.1, -0.05) is 0 Å². The van der Waals surface area contributed by atoms with Crippen LogP contribution in [0.1, 0.15) is 6.42 Å². The van der Waals surface area contributed by atoms with Crippen molar-refractivity contribution < 1.29 is 14.6 Å². The van der Waals surface area contributed by atoms with Gasteiger partial charge in [0.2, 0.25) is 0 Å². The third-order valence-corrected chi connectivity index (χ3v) is 2.24. The van der Waals surface area contributed by atoms with Crippen LogP contribution in [0.5, 0.6) is 0 Å². The summed E-state index contributed by atoms with van der Waals surface area (Å²) >= 11 is 0. The number of esters is 1. The molecule has 2 heterocycles. The van der Waals surface area contributed by atoms with Gasteiger partial charge in [0.05, 0.1) is 12.7 Å². The molecule has 0 aromatic rings. The van der Waals surface area contributed by atoms with E-state index in [1.165, 1.54) is 0 Å². The Morgan fingerprint density at radius 3 is 2.73 bits per heavy atom. The van der Waals surface area contributed by atoms with Crippen LogP contribution in [0.4, 0.5) is 0 Å². The first-order chi connectivity index (χ1) is 5.27. The van der Waals surface area contributed by atoms with E-state index in [4.69, 9.17) is 9.84 Å². The third kappa shape index (κ3) is 1.12. The molecular formula is C7H11NO3. The molecule has 0 spiro atoms. The van der Waals surface area contributed by atoms with Gasteiger partial charge in [-0.05, 0) is 0 Å². The molecule has 11 heavy (non-hydrogen) atoms. The van der Waals surface area contributed by atoms with Crippen LogP contribution in [0.2, 0.25) is 0 Å². The predicted octanol–water partition coefficient (Wildman–Crippen LogP) is -1.02. The molecule has 0 radical (unpaired) electrons. The SMILES string of the molecule is O=C1OCCC1N1CC(O)C1. The van der Waals surface area contributed by atoms with Crippen LogP contribution in [0.3, 0.4) is 0 Å². The number of aliphatic hydroxyl groups is 1. The molecule has 0 amide bonds. The Labute approximate surface area is 64.7 Å². The number of β-amino-alcohol motifs (C(OH)–C–C–N with tert-alkyl or cyclic N) is 1. The van der Waals surface area contributed by atoms with Gasteiger partial charge >= 0.3 is 5.97 Å². The quantitative estimate of drug-likeness (QED) is 0.495. The minimum atomic E-state index is -0.233. The number of hydrogen-bond donors (Lipinski definition) is 1. The average Bonchev–Trinajstić information content (AvgIpc) is 2.29. The van der Waals surface area contributed by atoms with Gasteiger partial charge in [0.1, 0.15) is 6.04 Å². The van der Waals surface area contributed by atoms with Gasteiger partial charge in [-0.2, -0.15) is 0 Å². The summed E-state index contributed by atoms with van der Waals surface area (Å²) < 4.78 is 4.80. The lowest BCUT2D eigenvalue weighted by Crippen LogP contribution is -2.56. The van der Waals surface area contributed by atoms with Crippen LogP contribution in [0.15, 0.2) is 0 Å². The highest BCUT2D eigenvalue weighted by Crippen LogP contribution is 2.19. The van der Waals surface area contributed by atoms with Gasteiger partial charge in [0.15, 0.2) is 0 Å². The van der Waals surface area contributed by atoms with E-state index in [0.717, 1.165) is 6.42 Å². The number of likely N-dealkylation sites (tertiary alicyclic amines) is 1. The molecule has 0 aromatic carbocycles. The van der Waals surface area contributed by atoms with E-state index in [9.17, 15) is 4.79 Å². The van der Waals surface area contributed by atoms with Gasteiger partial charge < -0.3 is 9.84 Å². The van der Waals surface area contributed by atoms with Crippen LogP contribution >= 0.6 is 0 Å². The molecule has 2 rings (SSSR count). The molecular weight excluding hydrogens is 146 g/mol. The maximum absolute atomic E-state index is 11.0. The Kier molecular flexibility index (Phi) is 1.58. The van der Waals surface area contributed by atoms with E-state index in [-0.39, 0.29) is 18.1 Å². The Bertz CT molecular complexity index is 177. The number of carbonyl (C=O) groups is 1. The van der Waals surface area contributed by atoms with Gasteiger partial charge in [0.25, 0.3) is 0 Å². The molecule has 2 saturated heterocycles. The van der Waals surface area contributed by atoms with Crippen LogP contribution in [-0.2, 0) is 9.53 Å². The lowest BCUT2D eigenvalue weighted by molar-refractivity contribution is -0.145. The summed E-state index contributed by atoms with van der Waals surface area (Å²) in [7, 11) is 0. The maximum atomic E-state index is 11.0. The number of carbonyl (C=O) groups excluding carboxylic acids is 1. The van der Waals surface area contributed by atoms with Crippen LogP contribution < -0.4 is 0 Å². The lowest BCUT2D eigenvalue weighted by Gasteiger charge is -2.38. The zero-order chi connectivity index (χ0) is 7.84. The van der Waals surface area contributed by atoms with Crippen molar-refractivity contribution in [2.24, 2.45) is 0 Å². The molecule has 0 aromatic heterocycles. The largest absolute Gasteiger partial charge is 0.464 e. The smallest absolute Gasteiger partial charge is 0.323 e. The molecule has 2 aliphatic rings. The van der Waals surface area contributed by atoms with E-state index in [2.05, 4.69) is 0 Å². The molecule has 2 aliphatic heterocycles. The highest BCUT2D eigenvalue weighted by atomic mass is 16.5. The molecule has 4 nitrogen and oxygen atoms in total. The van der Waals surface area contributed by atoms with Crippen molar-refractivity contribution in [2.75, 3.05) is 19.7 Å². The zero-order valence-electron chi connectivity index (χ0n) is 6.19. The van der Waals surface area contributed by atoms with Crippen molar-refractivity contribution in [1.29, 1.82) is 0 Å². The number of ether oxygens (including phenoxy) is 1. The normalized spacial score (nSPS) is 33.5. The second-order valence-corrected chi connectivity index (χ2v) is 3.08. The minimum absolute atomic E-state index is 0.0709. The van der Waals surface area contributed by atoms with Crippen molar-refractivity contribution in [3.05, 3.63) is 0 Å². The fourth-order valence-electron chi connectivity index (χ4n) is 1.56. The standard InChI is InChI=1S/C7H11NO3/c9-5-3-8(4-5)6-1-2-11-7(6)10/h5-6,9H,1-4H2. The molecule has 0 saturated carbocycles. The Morgan fingerprint density at radius 1 is 1.55 bits per heavy atom. The summed E-state index contributed by atoms with van der Waals surface area (Å²) in [6.07, 6.45) is 0.550. The zero-order valence-corrected chi connectivity index (χ0v) is 6.19. The first kappa shape index (κ1) is 7.06. The lowest BCUT2D eigenvalue weighted by atomic mass is 10.1. The second-order valence-electron chi connectivity index (χ2n) is 3.08. The third-order valence-electron chi connectivity index (χ3n) is 2.24. The number of cyclic esters (lactones) is 1. The summed E-state index contributed by atoms with van der Waals surface area (Å²) in [5.74, 6) is -0.128. The number of aliphatic hydroxyl groups excluding tert-OH is 1. The van der Waals surface area contributed by atoms with Crippen molar-refractivity contribution in [2.45, 2.75) is 18.6 Å². The van der Waals surface area contributed by atoms with Crippen molar-refractivity contribution >= 4 is 5.97 Å². The van der Waals surface area contributed by atoms with Crippen LogP contribution in [0.25, 0.3) is 0 Å². The number of rotatable bonds is 1. The topological polar surface area (TPSA) is 49.8 Å². The van der Waals surface area contributed by atoms with Gasteiger partial charge in [0, 0.05) is 19.5 Å². The Morgan fingerprint density at radius 2 is 2.27 bits per heavy atom. The fourth-order valence-corrected chi connectivity index (χ4v) is 1.56. The maximum Gasteiger partial charge on any atom is 0.323 e. The Hall–Kier alpha value is -0.610. The fraction of sp³-hybridized carbons (Fsp3) is 0.857. The number of nitrogens with zero attached hydrogens (tertiary/aromatic N) is 1. The molecule has 2 fully saturated rings. The van der Waals surface area contributed by atoms with Crippen LogP contribution in [-0.4, -0.2) is 47.8 Å². The molecule has 1 atom stereocenters. The first-order valence-electron chi connectivity index (χ1n) is 3.86. The first-order valence-corrected chi connectivity index (χ1v) is 3.86. The van der Waals surface area contributed by atoms with E-state index in [0.29, 0.717) is 19.7 Å². The summed E-state index contributed by atoms with van der Waals surface area (Å²) in [5.41, 5.74) is 0. The molecule has 0 aliphatic carbocycles. The van der Waals surface area contributed by atoms with Crippen molar-refractivity contribution in [1.82, 2.24) is 4.90 Å². The molecule has 0 bridgehead atoms.